The quantitative estimate of drug-likeness (QED) is 0.494. The zero-order chi connectivity index (χ0) is 10.3. The summed E-state index contributed by atoms with van der Waals surface area (Å²) >= 11 is 1.61. The Bertz CT molecular complexity index is 166. The minimum Gasteiger partial charge on any atom is -0.396 e. The first kappa shape index (κ1) is 12.7. The van der Waals surface area contributed by atoms with Crippen LogP contribution in [0.3, 0.4) is 0 Å². The number of thioether (sulfide) groups is 1. The molecular weight excluding hydrogens is 188 g/mol. The molecule has 0 rings (SSSR count). The fourth-order valence-electron chi connectivity index (χ4n) is 0.709. The first-order valence-corrected chi connectivity index (χ1v) is 5.39. The fourth-order valence-corrected chi connectivity index (χ4v) is 1.88. The second-order valence-corrected chi connectivity index (χ2v) is 4.18. The van der Waals surface area contributed by atoms with Crippen LogP contribution in [0.4, 0.5) is 0 Å². The van der Waals surface area contributed by atoms with E-state index in [1.54, 1.807) is 25.7 Å². The fraction of sp³-hybridized carbons (Fsp3) is 0.875. The van der Waals surface area contributed by atoms with Gasteiger partial charge in [-0.05, 0) is 26.1 Å². The molecule has 0 aromatic carbocycles. The Morgan fingerprint density at radius 1 is 1.69 bits per heavy atom. The maximum atomic E-state index is 11.0. The summed E-state index contributed by atoms with van der Waals surface area (Å²) in [6, 6.07) is 0. The molecule has 0 aromatic rings. The molecule has 0 aromatic heterocycles. The minimum absolute atomic E-state index is 0.194. The first-order valence-electron chi connectivity index (χ1n) is 4.24. The second-order valence-electron chi connectivity index (χ2n) is 3.08. The van der Waals surface area contributed by atoms with Gasteiger partial charge in [0.25, 0.3) is 0 Å². The third kappa shape index (κ3) is 4.50. The number of carbonyl (C=O) groups is 1. The minimum atomic E-state index is -0.639. The third-order valence-electron chi connectivity index (χ3n) is 1.93. The van der Waals surface area contributed by atoms with Crippen LogP contribution in [-0.4, -0.2) is 41.7 Å². The van der Waals surface area contributed by atoms with Gasteiger partial charge >= 0.3 is 0 Å². The molecule has 0 bridgehead atoms. The van der Waals surface area contributed by atoms with E-state index in [2.05, 4.69) is 5.32 Å². The van der Waals surface area contributed by atoms with Crippen molar-refractivity contribution in [3.05, 3.63) is 0 Å². The van der Waals surface area contributed by atoms with Crippen molar-refractivity contribution in [3.8, 4) is 0 Å². The number of primary amides is 1. The lowest BCUT2D eigenvalue weighted by Crippen LogP contribution is -2.53. The first-order chi connectivity index (χ1) is 6.06. The van der Waals surface area contributed by atoms with E-state index in [0.29, 0.717) is 5.75 Å². The van der Waals surface area contributed by atoms with Gasteiger partial charge in [0.15, 0.2) is 0 Å². The summed E-state index contributed by atoms with van der Waals surface area (Å²) in [5.74, 6) is 1.14. The summed E-state index contributed by atoms with van der Waals surface area (Å²) in [5.41, 5.74) is 4.59. The van der Waals surface area contributed by atoms with Gasteiger partial charge in [0.1, 0.15) is 5.54 Å². The zero-order valence-electron chi connectivity index (χ0n) is 8.17. The van der Waals surface area contributed by atoms with Gasteiger partial charge in [0, 0.05) is 12.4 Å². The van der Waals surface area contributed by atoms with E-state index < -0.39 is 5.54 Å². The number of nitrogens with one attached hydrogen (secondary N) is 1. The van der Waals surface area contributed by atoms with E-state index in [9.17, 15) is 4.79 Å². The van der Waals surface area contributed by atoms with Crippen molar-refractivity contribution in [2.45, 2.75) is 18.9 Å². The topological polar surface area (TPSA) is 75.3 Å². The van der Waals surface area contributed by atoms with Crippen LogP contribution in [0.15, 0.2) is 0 Å². The number of likely N-dealkylation sites (N-methyl/N-ethyl adjacent to an activating group) is 1. The highest BCUT2D eigenvalue weighted by atomic mass is 32.2. The monoisotopic (exact) mass is 206 g/mol. The van der Waals surface area contributed by atoms with E-state index >= 15 is 0 Å². The molecule has 4 nitrogen and oxygen atoms in total. The van der Waals surface area contributed by atoms with Gasteiger partial charge in [-0.2, -0.15) is 11.8 Å². The maximum absolute atomic E-state index is 11.0. The van der Waals surface area contributed by atoms with Gasteiger partial charge in [-0.15, -0.1) is 0 Å². The van der Waals surface area contributed by atoms with Crippen LogP contribution in [0.5, 0.6) is 0 Å². The Kier molecular flexibility index (Phi) is 6.11. The van der Waals surface area contributed by atoms with Crippen molar-refractivity contribution in [2.24, 2.45) is 5.73 Å². The second kappa shape index (κ2) is 6.23. The van der Waals surface area contributed by atoms with Crippen molar-refractivity contribution < 1.29 is 9.90 Å². The van der Waals surface area contributed by atoms with Gasteiger partial charge in [0.2, 0.25) is 5.91 Å². The molecule has 0 spiro atoms. The molecule has 1 atom stereocenters. The van der Waals surface area contributed by atoms with Crippen LogP contribution >= 0.6 is 11.8 Å². The molecule has 0 saturated heterocycles. The standard InChI is InChI=1S/C8H18N2O2S/c1-8(10-2,7(9)12)6-13-5-3-4-11/h10-11H,3-6H2,1-2H3,(H2,9,12). The van der Waals surface area contributed by atoms with E-state index in [0.717, 1.165) is 12.2 Å². The summed E-state index contributed by atoms with van der Waals surface area (Å²) in [4.78, 5) is 11.0. The largest absolute Gasteiger partial charge is 0.396 e. The number of hydrogen-bond donors (Lipinski definition) is 3. The van der Waals surface area contributed by atoms with Crippen molar-refractivity contribution in [1.29, 1.82) is 0 Å². The SMILES string of the molecule is CNC(C)(CSCCCO)C(N)=O. The highest BCUT2D eigenvalue weighted by molar-refractivity contribution is 7.99. The molecule has 0 aliphatic rings. The van der Waals surface area contributed by atoms with Crippen LogP contribution in [-0.2, 0) is 4.79 Å². The smallest absolute Gasteiger partial charge is 0.238 e. The van der Waals surface area contributed by atoms with E-state index in [1.165, 1.54) is 0 Å². The molecule has 0 radical (unpaired) electrons. The molecular formula is C8H18N2O2S. The average molecular weight is 206 g/mol. The van der Waals surface area contributed by atoms with Crippen molar-refractivity contribution in [2.75, 3.05) is 25.2 Å². The predicted octanol–water partition coefficient (Wildman–Crippen LogP) is -0.435. The van der Waals surface area contributed by atoms with Crippen molar-refractivity contribution in [1.82, 2.24) is 5.32 Å². The predicted molar refractivity (Wildman–Crippen MR) is 55.7 cm³/mol. The van der Waals surface area contributed by atoms with Gasteiger partial charge < -0.3 is 16.2 Å². The number of rotatable bonds is 7. The highest BCUT2D eigenvalue weighted by Gasteiger charge is 2.28. The molecule has 78 valence electrons. The molecule has 0 fully saturated rings. The number of hydrogen-bond acceptors (Lipinski definition) is 4. The van der Waals surface area contributed by atoms with E-state index in [4.69, 9.17) is 10.8 Å². The number of nitrogens with two attached hydrogens (primary N) is 1. The molecule has 0 saturated carbocycles. The lowest BCUT2D eigenvalue weighted by atomic mass is 10.1. The van der Waals surface area contributed by atoms with Gasteiger partial charge in [-0.1, -0.05) is 0 Å². The lowest BCUT2D eigenvalue weighted by Gasteiger charge is -2.24. The van der Waals surface area contributed by atoms with E-state index in [-0.39, 0.29) is 12.5 Å². The van der Waals surface area contributed by atoms with Crippen molar-refractivity contribution >= 4 is 17.7 Å². The Morgan fingerprint density at radius 2 is 2.31 bits per heavy atom. The molecule has 13 heavy (non-hydrogen) atoms. The summed E-state index contributed by atoms with van der Waals surface area (Å²) in [7, 11) is 1.72. The Labute approximate surface area is 83.3 Å². The number of amides is 1. The summed E-state index contributed by atoms with van der Waals surface area (Å²) < 4.78 is 0. The molecule has 0 heterocycles. The third-order valence-corrected chi connectivity index (χ3v) is 3.29. The molecule has 1 unspecified atom stereocenters. The van der Waals surface area contributed by atoms with E-state index in [1.807, 2.05) is 0 Å². The summed E-state index contributed by atoms with van der Waals surface area (Å²) in [5, 5.41) is 11.4. The molecule has 0 aliphatic carbocycles. The maximum Gasteiger partial charge on any atom is 0.238 e. The van der Waals surface area contributed by atoms with Crippen LogP contribution < -0.4 is 11.1 Å². The molecule has 4 N–H and O–H groups in total. The van der Waals surface area contributed by atoms with Gasteiger partial charge in [-0.25, -0.2) is 0 Å². The van der Waals surface area contributed by atoms with Crippen LogP contribution in [0.2, 0.25) is 0 Å². The lowest BCUT2D eigenvalue weighted by molar-refractivity contribution is -0.122. The molecule has 5 heteroatoms. The zero-order valence-corrected chi connectivity index (χ0v) is 8.99. The summed E-state index contributed by atoms with van der Waals surface area (Å²) in [6.45, 7) is 1.97. The Hall–Kier alpha value is -0.260. The van der Waals surface area contributed by atoms with Crippen LogP contribution in [0, 0.1) is 0 Å². The van der Waals surface area contributed by atoms with Crippen molar-refractivity contribution in [3.63, 3.8) is 0 Å². The highest BCUT2D eigenvalue weighted by Crippen LogP contribution is 2.13. The number of carbonyl (C=O) groups excluding carboxylic acids is 1. The Balaban J connectivity index is 3.78. The summed E-state index contributed by atoms with van der Waals surface area (Å²) in [6.07, 6.45) is 0.753. The average Bonchev–Trinajstić information content (AvgIpc) is 2.12. The molecule has 0 aliphatic heterocycles. The Morgan fingerprint density at radius 3 is 2.69 bits per heavy atom. The van der Waals surface area contributed by atoms with Crippen LogP contribution in [0.1, 0.15) is 13.3 Å². The molecule has 1 amide bonds. The van der Waals surface area contributed by atoms with Gasteiger partial charge in [0.05, 0.1) is 0 Å². The number of aliphatic hydroxyl groups excluding tert-OH is 1. The van der Waals surface area contributed by atoms with Gasteiger partial charge in [-0.3, -0.25) is 4.79 Å². The van der Waals surface area contributed by atoms with Crippen LogP contribution in [0.25, 0.3) is 0 Å². The normalized spacial score (nSPS) is 15.3. The number of aliphatic hydroxyl groups is 1.